The number of halogens is 3. The number of aliphatic hydroxyl groups is 1. The van der Waals surface area contributed by atoms with Crippen LogP contribution >= 0.6 is 0 Å². The van der Waals surface area contributed by atoms with Crippen LogP contribution in [0.2, 0.25) is 0 Å². The molecule has 0 bridgehead atoms. The van der Waals surface area contributed by atoms with Crippen molar-refractivity contribution >= 4 is 11.6 Å². The van der Waals surface area contributed by atoms with Gasteiger partial charge >= 0.3 is 6.18 Å². The smallest absolute Gasteiger partial charge is 0.395 e. The molecule has 2 N–H and O–H groups in total. The number of rotatable bonds is 6. The molecule has 0 aromatic carbocycles. The lowest BCUT2D eigenvalue weighted by Gasteiger charge is -2.28. The third kappa shape index (κ3) is 4.26. The summed E-state index contributed by atoms with van der Waals surface area (Å²) in [4.78, 5) is 5.82. The lowest BCUT2D eigenvalue weighted by atomic mass is 10.2. The Balaban J connectivity index is 3.26. The quantitative estimate of drug-likeness (QED) is 0.846. The minimum absolute atomic E-state index is 0.0624. The first-order valence-electron chi connectivity index (χ1n) is 6.50. The van der Waals surface area contributed by atoms with Gasteiger partial charge in [0.2, 0.25) is 0 Å². The van der Waals surface area contributed by atoms with Gasteiger partial charge in [0.1, 0.15) is 11.6 Å². The molecule has 1 aromatic rings. The number of alkyl halides is 3. The van der Waals surface area contributed by atoms with Crippen molar-refractivity contribution in [1.82, 2.24) is 4.98 Å². The Labute approximate surface area is 116 Å². The van der Waals surface area contributed by atoms with Crippen molar-refractivity contribution in [2.75, 3.05) is 29.9 Å². The Morgan fingerprint density at radius 1 is 1.35 bits per heavy atom. The molecule has 0 unspecified atom stereocenters. The van der Waals surface area contributed by atoms with Gasteiger partial charge in [0.25, 0.3) is 0 Å². The van der Waals surface area contributed by atoms with Crippen LogP contribution in [0.5, 0.6) is 0 Å². The third-order valence-electron chi connectivity index (χ3n) is 2.76. The van der Waals surface area contributed by atoms with E-state index in [-0.39, 0.29) is 30.8 Å². The highest BCUT2D eigenvalue weighted by atomic mass is 19.4. The maximum Gasteiger partial charge on any atom is 0.416 e. The third-order valence-corrected chi connectivity index (χ3v) is 2.76. The average molecular weight is 291 g/mol. The molecule has 7 heteroatoms. The fraction of sp³-hybridized carbons (Fsp3) is 0.615. The van der Waals surface area contributed by atoms with Crippen LogP contribution in [-0.4, -0.2) is 35.8 Å². The van der Waals surface area contributed by atoms with E-state index in [1.807, 2.05) is 13.8 Å². The van der Waals surface area contributed by atoms with E-state index in [2.05, 4.69) is 10.3 Å². The Hall–Kier alpha value is -1.50. The Bertz CT molecular complexity index is 435. The standard InChI is InChI=1S/C13H20F3N3O/c1-4-17-11-7-10(13(14,15)16)8-12(18-11)19(5-6-20)9(2)3/h7-9,20H,4-6H2,1-3H3,(H,17,18). The summed E-state index contributed by atoms with van der Waals surface area (Å²) in [5, 5.41) is 11.8. The molecule has 1 heterocycles. The molecule has 0 spiro atoms. The van der Waals surface area contributed by atoms with Crippen LogP contribution in [0.1, 0.15) is 26.3 Å². The SMILES string of the molecule is CCNc1cc(C(F)(F)F)cc(N(CCO)C(C)C)n1. The number of aromatic nitrogens is 1. The molecule has 0 atom stereocenters. The summed E-state index contributed by atoms with van der Waals surface area (Å²) in [6.07, 6.45) is -4.43. The monoisotopic (exact) mass is 291 g/mol. The normalized spacial score (nSPS) is 11.8. The number of hydrogen-bond acceptors (Lipinski definition) is 4. The maximum atomic E-state index is 12.9. The zero-order valence-corrected chi connectivity index (χ0v) is 11.8. The lowest BCUT2D eigenvalue weighted by Crippen LogP contribution is -2.34. The Morgan fingerprint density at radius 3 is 2.45 bits per heavy atom. The second-order valence-electron chi connectivity index (χ2n) is 4.64. The van der Waals surface area contributed by atoms with Crippen LogP contribution in [0.15, 0.2) is 12.1 Å². The largest absolute Gasteiger partial charge is 0.416 e. The van der Waals surface area contributed by atoms with Gasteiger partial charge in [-0.1, -0.05) is 0 Å². The molecule has 114 valence electrons. The molecule has 4 nitrogen and oxygen atoms in total. The van der Waals surface area contributed by atoms with Crippen LogP contribution < -0.4 is 10.2 Å². The molecule has 20 heavy (non-hydrogen) atoms. The van der Waals surface area contributed by atoms with E-state index in [0.717, 1.165) is 12.1 Å². The second-order valence-corrected chi connectivity index (χ2v) is 4.64. The van der Waals surface area contributed by atoms with E-state index in [4.69, 9.17) is 5.11 Å². The van der Waals surface area contributed by atoms with Gasteiger partial charge < -0.3 is 15.3 Å². The number of hydrogen-bond donors (Lipinski definition) is 2. The molecule has 0 saturated heterocycles. The van der Waals surface area contributed by atoms with Crippen molar-refractivity contribution in [3.05, 3.63) is 17.7 Å². The molecule has 0 saturated carbocycles. The first-order valence-corrected chi connectivity index (χ1v) is 6.50. The fourth-order valence-electron chi connectivity index (χ4n) is 1.84. The number of pyridine rings is 1. The first kappa shape index (κ1) is 16.6. The topological polar surface area (TPSA) is 48.4 Å². The van der Waals surface area contributed by atoms with Gasteiger partial charge in [-0.2, -0.15) is 13.2 Å². The van der Waals surface area contributed by atoms with Gasteiger partial charge in [-0.25, -0.2) is 4.98 Å². The van der Waals surface area contributed by atoms with E-state index < -0.39 is 11.7 Å². The van der Waals surface area contributed by atoms with Crippen LogP contribution in [0.3, 0.4) is 0 Å². The lowest BCUT2D eigenvalue weighted by molar-refractivity contribution is -0.137. The average Bonchev–Trinajstić information content (AvgIpc) is 2.34. The van der Waals surface area contributed by atoms with Gasteiger partial charge in [0, 0.05) is 19.1 Å². The highest BCUT2D eigenvalue weighted by Gasteiger charge is 2.32. The van der Waals surface area contributed by atoms with Gasteiger partial charge in [-0.3, -0.25) is 0 Å². The molecular weight excluding hydrogens is 271 g/mol. The zero-order valence-electron chi connectivity index (χ0n) is 11.8. The minimum Gasteiger partial charge on any atom is -0.395 e. The summed E-state index contributed by atoms with van der Waals surface area (Å²) in [6, 6.07) is 1.94. The summed E-state index contributed by atoms with van der Waals surface area (Å²) in [5.41, 5.74) is -0.748. The van der Waals surface area contributed by atoms with Crippen molar-refractivity contribution in [3.63, 3.8) is 0 Å². The van der Waals surface area contributed by atoms with Crippen molar-refractivity contribution in [2.45, 2.75) is 33.0 Å². The van der Waals surface area contributed by atoms with Crippen LogP contribution in [0.25, 0.3) is 0 Å². The number of anilines is 2. The van der Waals surface area contributed by atoms with Crippen LogP contribution in [0.4, 0.5) is 24.8 Å². The van der Waals surface area contributed by atoms with E-state index >= 15 is 0 Å². The van der Waals surface area contributed by atoms with Gasteiger partial charge in [0.05, 0.1) is 12.2 Å². The van der Waals surface area contributed by atoms with E-state index in [1.54, 1.807) is 11.8 Å². The summed E-state index contributed by atoms with van der Waals surface area (Å²) in [5.74, 6) is 0.390. The number of aliphatic hydroxyl groups excluding tert-OH is 1. The number of nitrogens with one attached hydrogen (secondary N) is 1. The zero-order chi connectivity index (χ0) is 15.3. The molecule has 0 fully saturated rings. The highest BCUT2D eigenvalue weighted by Crippen LogP contribution is 2.33. The van der Waals surface area contributed by atoms with Crippen molar-refractivity contribution in [1.29, 1.82) is 0 Å². The predicted octanol–water partition coefficient (Wildman–Crippen LogP) is 2.74. The predicted molar refractivity (Wildman–Crippen MR) is 73.0 cm³/mol. The van der Waals surface area contributed by atoms with E-state index in [1.165, 1.54) is 0 Å². The second kappa shape index (κ2) is 6.78. The summed E-state index contributed by atoms with van der Waals surface area (Å²) < 4.78 is 38.7. The van der Waals surface area contributed by atoms with E-state index in [0.29, 0.717) is 6.54 Å². The highest BCUT2D eigenvalue weighted by molar-refractivity contribution is 5.51. The Morgan fingerprint density at radius 2 is 2.00 bits per heavy atom. The van der Waals surface area contributed by atoms with Crippen LogP contribution in [-0.2, 0) is 6.18 Å². The molecule has 0 radical (unpaired) electrons. The van der Waals surface area contributed by atoms with Crippen LogP contribution in [0, 0.1) is 0 Å². The Kier molecular flexibility index (Phi) is 5.62. The molecule has 0 aliphatic rings. The fourth-order valence-corrected chi connectivity index (χ4v) is 1.84. The van der Waals surface area contributed by atoms with Crippen molar-refractivity contribution in [2.24, 2.45) is 0 Å². The maximum absolute atomic E-state index is 12.9. The molecular formula is C13H20F3N3O. The first-order chi connectivity index (χ1) is 9.29. The van der Waals surface area contributed by atoms with E-state index in [9.17, 15) is 13.2 Å². The summed E-state index contributed by atoms with van der Waals surface area (Å²) in [7, 11) is 0. The number of nitrogens with zero attached hydrogens (tertiary/aromatic N) is 2. The summed E-state index contributed by atoms with van der Waals surface area (Å²) >= 11 is 0. The van der Waals surface area contributed by atoms with Gasteiger partial charge in [0.15, 0.2) is 0 Å². The molecule has 0 amide bonds. The van der Waals surface area contributed by atoms with Gasteiger partial charge in [-0.15, -0.1) is 0 Å². The van der Waals surface area contributed by atoms with Gasteiger partial charge in [-0.05, 0) is 32.9 Å². The van der Waals surface area contributed by atoms with Crippen molar-refractivity contribution < 1.29 is 18.3 Å². The summed E-state index contributed by atoms with van der Waals surface area (Å²) in [6.45, 7) is 6.03. The van der Waals surface area contributed by atoms with Crippen molar-refractivity contribution in [3.8, 4) is 0 Å². The molecule has 1 rings (SSSR count). The molecule has 1 aromatic heterocycles. The molecule has 0 aliphatic carbocycles. The minimum atomic E-state index is -4.43. The molecule has 0 aliphatic heterocycles.